The van der Waals surface area contributed by atoms with Crippen molar-refractivity contribution in [2.45, 2.75) is 88.6 Å². The number of nitrogens with zero attached hydrogens (tertiary/aromatic N) is 1. The summed E-state index contributed by atoms with van der Waals surface area (Å²) in [4.78, 5) is 46.3. The topological polar surface area (TPSA) is 95.6 Å². The number of amides is 3. The van der Waals surface area contributed by atoms with Crippen molar-refractivity contribution in [2.75, 3.05) is 20.1 Å². The van der Waals surface area contributed by atoms with Gasteiger partial charge in [0.2, 0.25) is 17.7 Å². The maximum Gasteiger partial charge on any atom is 0.243 e. The van der Waals surface area contributed by atoms with Gasteiger partial charge in [-0.2, -0.15) is 0 Å². The SMILES string of the molecule is CC.CC.CC.CC.CC(=O)NCC(=O)N(C)C(CC(C)C)C(=O)NCC=O. The van der Waals surface area contributed by atoms with Gasteiger partial charge in [0.05, 0.1) is 13.1 Å². The first-order valence-electron chi connectivity index (χ1n) is 10.5. The highest BCUT2D eigenvalue weighted by atomic mass is 16.2. The van der Waals surface area contributed by atoms with Crippen LogP contribution in [0, 0.1) is 5.92 Å². The van der Waals surface area contributed by atoms with Crippen molar-refractivity contribution in [3.8, 4) is 0 Å². The Hall–Kier alpha value is -1.92. The lowest BCUT2D eigenvalue weighted by molar-refractivity contribution is -0.139. The summed E-state index contributed by atoms with van der Waals surface area (Å²) in [5, 5.41) is 4.85. The molecule has 28 heavy (non-hydrogen) atoms. The molecule has 0 fully saturated rings. The van der Waals surface area contributed by atoms with Gasteiger partial charge in [-0.05, 0) is 12.3 Å². The minimum Gasteiger partial charge on any atom is -0.348 e. The molecule has 0 spiro atoms. The lowest BCUT2D eigenvalue weighted by Gasteiger charge is -2.28. The zero-order chi connectivity index (χ0) is 23.7. The zero-order valence-corrected chi connectivity index (χ0v) is 20.4. The Balaban J connectivity index is -0.000000194. The van der Waals surface area contributed by atoms with E-state index in [1.54, 1.807) is 0 Å². The molecule has 0 radical (unpaired) electrons. The molecule has 0 aromatic carbocycles. The maximum absolute atomic E-state index is 12.0. The molecule has 1 atom stereocenters. The number of nitrogens with one attached hydrogen (secondary N) is 2. The van der Waals surface area contributed by atoms with Gasteiger partial charge in [0.25, 0.3) is 0 Å². The molecule has 0 aliphatic carbocycles. The van der Waals surface area contributed by atoms with Crippen molar-refractivity contribution < 1.29 is 19.2 Å². The summed E-state index contributed by atoms with van der Waals surface area (Å²) in [6.07, 6.45) is 1.07. The van der Waals surface area contributed by atoms with Crippen LogP contribution < -0.4 is 10.6 Å². The summed E-state index contributed by atoms with van der Waals surface area (Å²) in [5.74, 6) is -0.827. The van der Waals surface area contributed by atoms with E-state index in [-0.39, 0.29) is 36.7 Å². The molecule has 2 N–H and O–H groups in total. The number of hydrogen-bond donors (Lipinski definition) is 2. The summed E-state index contributed by atoms with van der Waals surface area (Å²) in [6, 6.07) is -0.656. The first kappa shape index (κ1) is 36.9. The Labute approximate surface area is 174 Å². The second-order valence-corrected chi connectivity index (χ2v) is 4.97. The minimum atomic E-state index is -0.656. The molecule has 1 unspecified atom stereocenters. The van der Waals surface area contributed by atoms with Crippen molar-refractivity contribution in [3.63, 3.8) is 0 Å². The van der Waals surface area contributed by atoms with Crippen molar-refractivity contribution in [3.05, 3.63) is 0 Å². The van der Waals surface area contributed by atoms with E-state index in [9.17, 15) is 19.2 Å². The second-order valence-electron chi connectivity index (χ2n) is 4.97. The lowest BCUT2D eigenvalue weighted by Crippen LogP contribution is -2.51. The normalized spacial score (nSPS) is 9.18. The minimum absolute atomic E-state index is 0.0822. The highest BCUT2D eigenvalue weighted by Crippen LogP contribution is 2.10. The molecule has 0 aliphatic rings. The molecule has 0 bridgehead atoms. The summed E-state index contributed by atoms with van der Waals surface area (Å²) in [5.41, 5.74) is 0. The van der Waals surface area contributed by atoms with E-state index in [0.717, 1.165) is 0 Å². The Kier molecular flexibility index (Phi) is 39.3. The van der Waals surface area contributed by atoms with E-state index in [0.29, 0.717) is 12.7 Å². The molecule has 170 valence electrons. The van der Waals surface area contributed by atoms with Gasteiger partial charge in [0.1, 0.15) is 12.3 Å². The first-order chi connectivity index (χ1) is 13.3. The summed E-state index contributed by atoms with van der Waals surface area (Å²) in [6.45, 7) is 21.0. The van der Waals surface area contributed by atoms with Crippen LogP contribution in [0.25, 0.3) is 0 Å². The van der Waals surface area contributed by atoms with Crippen molar-refractivity contribution >= 4 is 24.0 Å². The molecule has 0 saturated heterocycles. The molecule has 0 rings (SSSR count). The molecule has 0 heterocycles. The number of rotatable bonds is 8. The Morgan fingerprint density at radius 1 is 0.893 bits per heavy atom. The van der Waals surface area contributed by atoms with Gasteiger partial charge in [0.15, 0.2) is 0 Å². The van der Waals surface area contributed by atoms with Crippen LogP contribution in [0.1, 0.15) is 82.6 Å². The van der Waals surface area contributed by atoms with Gasteiger partial charge < -0.3 is 20.3 Å². The molecular weight excluding hydrogens is 358 g/mol. The number of carbonyl (C=O) groups excluding carboxylic acids is 4. The van der Waals surface area contributed by atoms with Crippen LogP contribution in [0.4, 0.5) is 0 Å². The summed E-state index contributed by atoms with van der Waals surface area (Å²) >= 11 is 0. The van der Waals surface area contributed by atoms with Crippen LogP contribution >= 0.6 is 0 Å². The van der Waals surface area contributed by atoms with E-state index < -0.39 is 6.04 Å². The predicted octanol–water partition coefficient (Wildman–Crippen LogP) is 3.42. The van der Waals surface area contributed by atoms with Gasteiger partial charge in [-0.15, -0.1) is 0 Å². The number of hydrogen-bond acceptors (Lipinski definition) is 4. The fourth-order valence-electron chi connectivity index (χ4n) is 1.65. The Morgan fingerprint density at radius 3 is 1.64 bits per heavy atom. The fourth-order valence-corrected chi connectivity index (χ4v) is 1.65. The third-order valence-electron chi connectivity index (χ3n) is 2.71. The van der Waals surface area contributed by atoms with E-state index in [4.69, 9.17) is 0 Å². The summed E-state index contributed by atoms with van der Waals surface area (Å²) < 4.78 is 0. The smallest absolute Gasteiger partial charge is 0.243 e. The fraction of sp³-hybridized carbons (Fsp3) is 0.810. The quantitative estimate of drug-likeness (QED) is 0.605. The van der Waals surface area contributed by atoms with Crippen molar-refractivity contribution in [1.82, 2.24) is 15.5 Å². The van der Waals surface area contributed by atoms with E-state index in [2.05, 4.69) is 10.6 Å². The van der Waals surface area contributed by atoms with Crippen LogP contribution in [-0.4, -0.2) is 55.1 Å². The second kappa shape index (κ2) is 29.8. The highest BCUT2D eigenvalue weighted by molar-refractivity contribution is 5.90. The van der Waals surface area contributed by atoms with Gasteiger partial charge >= 0.3 is 0 Å². The number of aldehydes is 1. The zero-order valence-electron chi connectivity index (χ0n) is 20.4. The van der Waals surface area contributed by atoms with Gasteiger partial charge in [-0.3, -0.25) is 14.4 Å². The average molecular weight is 406 g/mol. The molecule has 0 aromatic heterocycles. The molecule has 3 amide bonds. The standard InChI is InChI=1S/C13H23N3O4.4C2H6/c1-9(2)7-11(13(20)14-5-6-17)16(4)12(19)8-15-10(3)18;4*1-2/h6,9,11H,5,7-8H2,1-4H3,(H,14,20)(H,15,18);4*1-2H3. The average Bonchev–Trinajstić information content (AvgIpc) is 2.73. The van der Waals surface area contributed by atoms with Crippen LogP contribution in [0.5, 0.6) is 0 Å². The molecular formula is C21H47N3O4. The molecule has 0 aliphatic heterocycles. The van der Waals surface area contributed by atoms with Crippen LogP contribution in [0.2, 0.25) is 0 Å². The predicted molar refractivity (Wildman–Crippen MR) is 119 cm³/mol. The molecule has 0 aromatic rings. The Morgan fingerprint density at radius 2 is 1.32 bits per heavy atom. The lowest BCUT2D eigenvalue weighted by atomic mass is 10.0. The molecule has 0 saturated carbocycles. The van der Waals surface area contributed by atoms with E-state index >= 15 is 0 Å². The number of carbonyl (C=O) groups is 4. The molecule has 7 heteroatoms. The summed E-state index contributed by atoms with van der Waals surface area (Å²) in [7, 11) is 1.51. The van der Waals surface area contributed by atoms with Gasteiger partial charge in [-0.1, -0.05) is 69.2 Å². The first-order valence-corrected chi connectivity index (χ1v) is 10.5. The van der Waals surface area contributed by atoms with Crippen molar-refractivity contribution in [2.24, 2.45) is 5.92 Å². The Bertz CT molecular complexity index is 373. The molecule has 7 nitrogen and oxygen atoms in total. The van der Waals surface area contributed by atoms with Crippen LogP contribution in [0.15, 0.2) is 0 Å². The van der Waals surface area contributed by atoms with Gasteiger partial charge in [0, 0.05) is 14.0 Å². The third kappa shape index (κ3) is 24.1. The van der Waals surface area contributed by atoms with Gasteiger partial charge in [-0.25, -0.2) is 0 Å². The third-order valence-corrected chi connectivity index (χ3v) is 2.71. The van der Waals surface area contributed by atoms with Crippen LogP contribution in [0.3, 0.4) is 0 Å². The monoisotopic (exact) mass is 405 g/mol. The van der Waals surface area contributed by atoms with Crippen LogP contribution in [-0.2, 0) is 19.2 Å². The maximum atomic E-state index is 12.0. The van der Waals surface area contributed by atoms with Crippen molar-refractivity contribution in [1.29, 1.82) is 0 Å². The van der Waals surface area contributed by atoms with E-state index in [1.165, 1.54) is 18.9 Å². The number of likely N-dealkylation sites (N-methyl/N-ethyl adjacent to an activating group) is 1. The highest BCUT2D eigenvalue weighted by Gasteiger charge is 2.27. The largest absolute Gasteiger partial charge is 0.348 e. The van der Waals surface area contributed by atoms with E-state index in [1.807, 2.05) is 69.2 Å².